The van der Waals surface area contributed by atoms with Crippen LogP contribution in [0.4, 0.5) is 10.1 Å². The van der Waals surface area contributed by atoms with Crippen LogP contribution >= 0.6 is 0 Å². The van der Waals surface area contributed by atoms with Crippen molar-refractivity contribution in [1.82, 2.24) is 0 Å². The molecular formula is C13H21FN2. The third-order valence-electron chi connectivity index (χ3n) is 2.56. The van der Waals surface area contributed by atoms with Crippen molar-refractivity contribution in [2.24, 2.45) is 11.7 Å². The molecule has 0 heterocycles. The number of hydrogen-bond donors (Lipinski definition) is 1. The molecule has 0 unspecified atom stereocenters. The molecule has 0 fully saturated rings. The summed E-state index contributed by atoms with van der Waals surface area (Å²) in [6.45, 7) is 8.38. The molecule has 0 saturated heterocycles. The summed E-state index contributed by atoms with van der Waals surface area (Å²) in [5.41, 5.74) is 6.99. The number of nitrogens with two attached hydrogens (primary N) is 1. The van der Waals surface area contributed by atoms with Crippen LogP contribution in [-0.4, -0.2) is 13.1 Å². The smallest absolute Gasteiger partial charge is 0.146 e. The molecule has 0 spiro atoms. The van der Waals surface area contributed by atoms with E-state index in [1.165, 1.54) is 6.07 Å². The van der Waals surface area contributed by atoms with E-state index in [-0.39, 0.29) is 5.82 Å². The van der Waals surface area contributed by atoms with Crippen molar-refractivity contribution in [3.63, 3.8) is 0 Å². The first-order valence-corrected chi connectivity index (χ1v) is 5.81. The fraction of sp³-hybridized carbons (Fsp3) is 0.538. The maximum absolute atomic E-state index is 13.8. The molecule has 0 atom stereocenters. The number of benzene rings is 1. The Labute approximate surface area is 97.3 Å². The van der Waals surface area contributed by atoms with Gasteiger partial charge in [0.15, 0.2) is 0 Å². The second-order valence-electron chi connectivity index (χ2n) is 4.42. The molecule has 0 aliphatic heterocycles. The van der Waals surface area contributed by atoms with Crippen LogP contribution in [0, 0.1) is 11.7 Å². The van der Waals surface area contributed by atoms with Crippen molar-refractivity contribution < 1.29 is 4.39 Å². The summed E-state index contributed by atoms with van der Waals surface area (Å²) in [7, 11) is 0. The van der Waals surface area contributed by atoms with Gasteiger partial charge in [-0.1, -0.05) is 19.9 Å². The fourth-order valence-corrected chi connectivity index (χ4v) is 1.77. The number of nitrogens with zero attached hydrogens (tertiary/aromatic N) is 1. The van der Waals surface area contributed by atoms with Crippen LogP contribution in [0.15, 0.2) is 18.2 Å². The third-order valence-corrected chi connectivity index (χ3v) is 2.56. The SMILES string of the molecule is CCN(CC(C)C)c1ccc(CN)cc1F. The van der Waals surface area contributed by atoms with E-state index in [0.717, 1.165) is 18.7 Å². The molecule has 3 heteroatoms. The van der Waals surface area contributed by atoms with Crippen molar-refractivity contribution in [2.75, 3.05) is 18.0 Å². The van der Waals surface area contributed by atoms with Crippen LogP contribution in [0.3, 0.4) is 0 Å². The van der Waals surface area contributed by atoms with Crippen LogP contribution < -0.4 is 10.6 Å². The minimum Gasteiger partial charge on any atom is -0.369 e. The van der Waals surface area contributed by atoms with Crippen LogP contribution in [0.5, 0.6) is 0 Å². The molecule has 0 amide bonds. The molecule has 0 bridgehead atoms. The first-order valence-electron chi connectivity index (χ1n) is 5.81. The molecule has 1 rings (SSSR count). The highest BCUT2D eigenvalue weighted by molar-refractivity contribution is 5.49. The van der Waals surface area contributed by atoms with Crippen molar-refractivity contribution in [3.8, 4) is 0 Å². The van der Waals surface area contributed by atoms with Crippen molar-refractivity contribution in [1.29, 1.82) is 0 Å². The van der Waals surface area contributed by atoms with Crippen molar-refractivity contribution in [3.05, 3.63) is 29.6 Å². The third kappa shape index (κ3) is 3.20. The molecule has 0 aromatic heterocycles. The highest BCUT2D eigenvalue weighted by Gasteiger charge is 2.11. The van der Waals surface area contributed by atoms with Gasteiger partial charge in [0.1, 0.15) is 5.82 Å². The standard InChI is InChI=1S/C13H21FN2/c1-4-16(9-10(2)3)13-6-5-11(8-15)7-12(13)14/h5-7,10H,4,8-9,15H2,1-3H3. The molecule has 2 nitrogen and oxygen atoms in total. The average molecular weight is 224 g/mol. The van der Waals surface area contributed by atoms with E-state index in [2.05, 4.69) is 18.7 Å². The lowest BCUT2D eigenvalue weighted by atomic mass is 10.1. The van der Waals surface area contributed by atoms with Gasteiger partial charge in [-0.3, -0.25) is 0 Å². The molecule has 0 aliphatic rings. The van der Waals surface area contributed by atoms with E-state index in [9.17, 15) is 4.39 Å². The first-order chi connectivity index (χ1) is 7.58. The second-order valence-corrected chi connectivity index (χ2v) is 4.42. The number of halogens is 1. The lowest BCUT2D eigenvalue weighted by Gasteiger charge is -2.25. The highest BCUT2D eigenvalue weighted by atomic mass is 19.1. The molecule has 0 radical (unpaired) electrons. The summed E-state index contributed by atoms with van der Waals surface area (Å²) in [5, 5.41) is 0. The monoisotopic (exact) mass is 224 g/mol. The Balaban J connectivity index is 2.92. The minimum atomic E-state index is -0.176. The van der Waals surface area contributed by atoms with Gasteiger partial charge in [-0.25, -0.2) is 4.39 Å². The number of hydrogen-bond acceptors (Lipinski definition) is 2. The van der Waals surface area contributed by atoms with E-state index in [1.807, 2.05) is 19.1 Å². The zero-order valence-electron chi connectivity index (χ0n) is 10.3. The quantitative estimate of drug-likeness (QED) is 0.833. The average Bonchev–Trinajstić information content (AvgIpc) is 2.25. The molecule has 90 valence electrons. The largest absolute Gasteiger partial charge is 0.369 e. The maximum Gasteiger partial charge on any atom is 0.146 e. The van der Waals surface area contributed by atoms with E-state index in [0.29, 0.717) is 18.2 Å². The molecule has 0 aliphatic carbocycles. The minimum absolute atomic E-state index is 0.176. The molecule has 2 N–H and O–H groups in total. The van der Waals surface area contributed by atoms with Gasteiger partial charge < -0.3 is 10.6 Å². The maximum atomic E-state index is 13.8. The Morgan fingerprint density at radius 3 is 2.50 bits per heavy atom. The summed E-state index contributed by atoms with van der Waals surface area (Å²) in [6, 6.07) is 5.24. The first kappa shape index (κ1) is 13.0. The van der Waals surface area contributed by atoms with Gasteiger partial charge in [-0.15, -0.1) is 0 Å². The van der Waals surface area contributed by atoms with E-state index in [4.69, 9.17) is 5.73 Å². The van der Waals surface area contributed by atoms with Gasteiger partial charge in [0.05, 0.1) is 5.69 Å². The Morgan fingerprint density at radius 1 is 1.38 bits per heavy atom. The zero-order valence-corrected chi connectivity index (χ0v) is 10.3. The van der Waals surface area contributed by atoms with Crippen molar-refractivity contribution >= 4 is 5.69 Å². The molecule has 16 heavy (non-hydrogen) atoms. The van der Waals surface area contributed by atoms with Crippen molar-refractivity contribution in [2.45, 2.75) is 27.3 Å². The van der Waals surface area contributed by atoms with E-state index >= 15 is 0 Å². The second kappa shape index (κ2) is 5.85. The molecule has 1 aromatic carbocycles. The lowest BCUT2D eigenvalue weighted by molar-refractivity contribution is 0.585. The van der Waals surface area contributed by atoms with Crippen LogP contribution in [0.2, 0.25) is 0 Å². The summed E-state index contributed by atoms with van der Waals surface area (Å²) in [6.07, 6.45) is 0. The van der Waals surface area contributed by atoms with Gasteiger partial charge >= 0.3 is 0 Å². The topological polar surface area (TPSA) is 29.3 Å². The normalized spacial score (nSPS) is 10.9. The Morgan fingerprint density at radius 2 is 2.06 bits per heavy atom. The lowest BCUT2D eigenvalue weighted by Crippen LogP contribution is -2.28. The van der Waals surface area contributed by atoms with Gasteiger partial charge in [-0.05, 0) is 30.5 Å². The predicted molar refractivity (Wildman–Crippen MR) is 67.0 cm³/mol. The van der Waals surface area contributed by atoms with Crippen LogP contribution in [0.1, 0.15) is 26.3 Å². The van der Waals surface area contributed by atoms with Crippen LogP contribution in [0.25, 0.3) is 0 Å². The predicted octanol–water partition coefficient (Wildman–Crippen LogP) is 2.77. The Hall–Kier alpha value is -1.09. The van der Waals surface area contributed by atoms with Crippen LogP contribution in [-0.2, 0) is 6.54 Å². The highest BCUT2D eigenvalue weighted by Crippen LogP contribution is 2.21. The summed E-state index contributed by atoms with van der Waals surface area (Å²) in [4.78, 5) is 2.06. The van der Waals surface area contributed by atoms with Gasteiger partial charge in [0.25, 0.3) is 0 Å². The zero-order chi connectivity index (χ0) is 12.1. The molecular weight excluding hydrogens is 203 g/mol. The Bertz CT molecular complexity index is 337. The van der Waals surface area contributed by atoms with Gasteiger partial charge in [-0.2, -0.15) is 0 Å². The fourth-order valence-electron chi connectivity index (χ4n) is 1.77. The van der Waals surface area contributed by atoms with E-state index in [1.54, 1.807) is 0 Å². The number of rotatable bonds is 5. The Kier molecular flexibility index (Phi) is 4.74. The van der Waals surface area contributed by atoms with Gasteiger partial charge in [0, 0.05) is 19.6 Å². The van der Waals surface area contributed by atoms with Gasteiger partial charge in [0.2, 0.25) is 0 Å². The summed E-state index contributed by atoms with van der Waals surface area (Å²) >= 11 is 0. The van der Waals surface area contributed by atoms with E-state index < -0.39 is 0 Å². The number of anilines is 1. The molecule has 0 saturated carbocycles. The summed E-state index contributed by atoms with van der Waals surface area (Å²) in [5.74, 6) is 0.346. The molecule has 1 aromatic rings. The summed E-state index contributed by atoms with van der Waals surface area (Å²) < 4.78 is 13.8.